The molecule has 1 aromatic heterocycles. The fourth-order valence-corrected chi connectivity index (χ4v) is 1.21. The third-order valence-corrected chi connectivity index (χ3v) is 1.94. The molecule has 2 amide bonds. The van der Waals surface area contributed by atoms with Crippen LogP contribution >= 0.6 is 0 Å². The molecule has 0 spiro atoms. The van der Waals surface area contributed by atoms with Gasteiger partial charge in [0, 0.05) is 25.5 Å². The first kappa shape index (κ1) is 12.2. The van der Waals surface area contributed by atoms with Crippen LogP contribution in [0.1, 0.15) is 34.6 Å². The molecule has 0 radical (unpaired) electrons. The summed E-state index contributed by atoms with van der Waals surface area (Å²) in [5, 5.41) is 5.30. The van der Waals surface area contributed by atoms with Gasteiger partial charge in [-0.2, -0.15) is 0 Å². The van der Waals surface area contributed by atoms with E-state index < -0.39 is 0 Å². The summed E-state index contributed by atoms with van der Waals surface area (Å²) >= 11 is 0. The van der Waals surface area contributed by atoms with Crippen LogP contribution in [0.25, 0.3) is 0 Å². The summed E-state index contributed by atoms with van der Waals surface area (Å²) in [5.41, 5.74) is 0.788. The van der Waals surface area contributed by atoms with E-state index in [9.17, 15) is 9.59 Å². The molecule has 0 aliphatic heterocycles. The number of pyridine rings is 1. The number of nitrogens with zero attached hydrogens (tertiary/aromatic N) is 1. The number of nitrogens with one attached hydrogen (secondary N) is 2. The van der Waals surface area contributed by atoms with Gasteiger partial charge in [-0.25, -0.2) is 0 Å². The van der Waals surface area contributed by atoms with Crippen LogP contribution in [0, 0.1) is 0 Å². The summed E-state index contributed by atoms with van der Waals surface area (Å²) in [6.45, 7) is 4.76. The molecule has 0 aromatic carbocycles. The summed E-state index contributed by atoms with van der Waals surface area (Å²) in [5.74, 6) is -0.442. The Balaban J connectivity index is 2.86. The van der Waals surface area contributed by atoms with Gasteiger partial charge in [-0.05, 0) is 19.9 Å². The normalized spacial score (nSPS) is 9.62. The Morgan fingerprint density at radius 2 is 1.50 bits per heavy atom. The maximum Gasteiger partial charge on any atom is 0.252 e. The molecule has 1 heterocycles. The van der Waals surface area contributed by atoms with Crippen LogP contribution in [0.2, 0.25) is 0 Å². The third kappa shape index (κ3) is 3.05. The van der Waals surface area contributed by atoms with Crippen LogP contribution in [0.3, 0.4) is 0 Å². The molecule has 16 heavy (non-hydrogen) atoms. The minimum Gasteiger partial charge on any atom is -0.352 e. The van der Waals surface area contributed by atoms with E-state index in [1.807, 2.05) is 13.8 Å². The molecule has 2 N–H and O–H groups in total. The highest BCUT2D eigenvalue weighted by molar-refractivity contribution is 5.99. The monoisotopic (exact) mass is 221 g/mol. The van der Waals surface area contributed by atoms with Crippen molar-refractivity contribution >= 4 is 11.8 Å². The van der Waals surface area contributed by atoms with Crippen LogP contribution in [0.15, 0.2) is 18.5 Å². The van der Waals surface area contributed by atoms with E-state index in [0.717, 1.165) is 0 Å². The second-order valence-corrected chi connectivity index (χ2v) is 3.18. The maximum atomic E-state index is 11.5. The molecule has 0 saturated heterocycles. The number of aromatic nitrogens is 1. The molecule has 0 atom stereocenters. The molecule has 86 valence electrons. The molecule has 5 heteroatoms. The minimum atomic E-state index is -0.221. The van der Waals surface area contributed by atoms with Crippen molar-refractivity contribution in [1.29, 1.82) is 0 Å². The first-order valence-electron chi connectivity index (χ1n) is 5.20. The molecule has 0 unspecified atom stereocenters. The lowest BCUT2D eigenvalue weighted by Gasteiger charge is -2.04. The molecule has 0 aliphatic rings. The van der Waals surface area contributed by atoms with Crippen molar-refractivity contribution in [3.05, 3.63) is 29.6 Å². The third-order valence-electron chi connectivity index (χ3n) is 1.94. The predicted octanol–water partition coefficient (Wildman–Crippen LogP) is 0.581. The van der Waals surface area contributed by atoms with Crippen molar-refractivity contribution in [2.24, 2.45) is 0 Å². The lowest BCUT2D eigenvalue weighted by atomic mass is 10.2. The first-order chi connectivity index (χ1) is 7.69. The minimum absolute atomic E-state index is 0.221. The van der Waals surface area contributed by atoms with Gasteiger partial charge < -0.3 is 10.6 Å². The van der Waals surface area contributed by atoms with Gasteiger partial charge in [0.15, 0.2) is 0 Å². The number of carbonyl (C=O) groups is 2. The van der Waals surface area contributed by atoms with Gasteiger partial charge in [-0.3, -0.25) is 14.6 Å². The van der Waals surface area contributed by atoms with E-state index in [1.165, 1.54) is 18.5 Å². The Labute approximate surface area is 94.3 Å². The lowest BCUT2D eigenvalue weighted by molar-refractivity contribution is 0.0955. The largest absolute Gasteiger partial charge is 0.352 e. The summed E-state index contributed by atoms with van der Waals surface area (Å²) in [6.07, 6.45) is 2.88. The van der Waals surface area contributed by atoms with Crippen molar-refractivity contribution in [3.8, 4) is 0 Å². The average Bonchev–Trinajstić information content (AvgIpc) is 2.30. The SMILES string of the molecule is CCNC(=O)c1cncc(C(=O)NCC)c1. The van der Waals surface area contributed by atoms with Crippen LogP contribution in [-0.4, -0.2) is 29.9 Å². The number of amides is 2. The lowest BCUT2D eigenvalue weighted by Crippen LogP contribution is -2.25. The van der Waals surface area contributed by atoms with Gasteiger partial charge in [0.05, 0.1) is 11.1 Å². The van der Waals surface area contributed by atoms with E-state index in [2.05, 4.69) is 15.6 Å². The molecule has 0 bridgehead atoms. The van der Waals surface area contributed by atoms with E-state index in [1.54, 1.807) is 0 Å². The number of hydrogen-bond acceptors (Lipinski definition) is 3. The summed E-state index contributed by atoms with van der Waals surface area (Å²) < 4.78 is 0. The zero-order valence-corrected chi connectivity index (χ0v) is 9.41. The zero-order valence-electron chi connectivity index (χ0n) is 9.41. The molecule has 1 aromatic rings. The molecular weight excluding hydrogens is 206 g/mol. The Kier molecular flexibility index (Phi) is 4.44. The topological polar surface area (TPSA) is 71.1 Å². The van der Waals surface area contributed by atoms with Crippen LogP contribution in [0.5, 0.6) is 0 Å². The fraction of sp³-hybridized carbons (Fsp3) is 0.364. The molecule has 5 nitrogen and oxygen atoms in total. The number of rotatable bonds is 4. The van der Waals surface area contributed by atoms with Crippen molar-refractivity contribution in [3.63, 3.8) is 0 Å². The quantitative estimate of drug-likeness (QED) is 0.781. The smallest absolute Gasteiger partial charge is 0.252 e. The summed E-state index contributed by atoms with van der Waals surface area (Å²) in [7, 11) is 0. The fourth-order valence-electron chi connectivity index (χ4n) is 1.21. The van der Waals surface area contributed by atoms with E-state index >= 15 is 0 Å². The van der Waals surface area contributed by atoms with Gasteiger partial charge in [0.2, 0.25) is 0 Å². The second-order valence-electron chi connectivity index (χ2n) is 3.18. The highest BCUT2D eigenvalue weighted by Crippen LogP contribution is 2.02. The van der Waals surface area contributed by atoms with Crippen LogP contribution < -0.4 is 10.6 Å². The van der Waals surface area contributed by atoms with Gasteiger partial charge in [-0.1, -0.05) is 0 Å². The number of hydrogen-bond donors (Lipinski definition) is 2. The average molecular weight is 221 g/mol. The van der Waals surface area contributed by atoms with Gasteiger partial charge in [0.25, 0.3) is 11.8 Å². The van der Waals surface area contributed by atoms with E-state index in [-0.39, 0.29) is 11.8 Å². The highest BCUT2D eigenvalue weighted by atomic mass is 16.2. The summed E-state index contributed by atoms with van der Waals surface area (Å²) in [6, 6.07) is 1.53. The predicted molar refractivity (Wildman–Crippen MR) is 60.3 cm³/mol. The van der Waals surface area contributed by atoms with Gasteiger partial charge in [-0.15, -0.1) is 0 Å². The van der Waals surface area contributed by atoms with Crippen molar-refractivity contribution < 1.29 is 9.59 Å². The Morgan fingerprint density at radius 1 is 1.06 bits per heavy atom. The van der Waals surface area contributed by atoms with Crippen molar-refractivity contribution in [2.45, 2.75) is 13.8 Å². The first-order valence-corrected chi connectivity index (χ1v) is 5.20. The van der Waals surface area contributed by atoms with Crippen molar-refractivity contribution in [2.75, 3.05) is 13.1 Å². The van der Waals surface area contributed by atoms with E-state index in [0.29, 0.717) is 24.2 Å². The molecule has 1 rings (SSSR count). The molecule has 0 aliphatic carbocycles. The van der Waals surface area contributed by atoms with Gasteiger partial charge >= 0.3 is 0 Å². The maximum absolute atomic E-state index is 11.5. The number of carbonyl (C=O) groups excluding carboxylic acids is 2. The Hall–Kier alpha value is -1.91. The van der Waals surface area contributed by atoms with Gasteiger partial charge in [0.1, 0.15) is 0 Å². The zero-order chi connectivity index (χ0) is 12.0. The molecular formula is C11H15N3O2. The second kappa shape index (κ2) is 5.85. The standard InChI is InChI=1S/C11H15N3O2/c1-3-13-10(15)8-5-9(7-12-6-8)11(16)14-4-2/h5-7H,3-4H2,1-2H3,(H,13,15)(H,14,16). The Morgan fingerprint density at radius 3 is 1.88 bits per heavy atom. The Bertz CT molecular complexity index is 357. The summed E-state index contributed by atoms with van der Waals surface area (Å²) in [4.78, 5) is 26.9. The van der Waals surface area contributed by atoms with Crippen LogP contribution in [-0.2, 0) is 0 Å². The van der Waals surface area contributed by atoms with Crippen molar-refractivity contribution in [1.82, 2.24) is 15.6 Å². The van der Waals surface area contributed by atoms with Crippen LogP contribution in [0.4, 0.5) is 0 Å². The molecule has 0 saturated carbocycles. The van der Waals surface area contributed by atoms with E-state index in [4.69, 9.17) is 0 Å². The molecule has 0 fully saturated rings. The highest BCUT2D eigenvalue weighted by Gasteiger charge is 2.09.